The summed E-state index contributed by atoms with van der Waals surface area (Å²) in [5.74, 6) is 0. The lowest BCUT2D eigenvalue weighted by Crippen LogP contribution is -2.50. The summed E-state index contributed by atoms with van der Waals surface area (Å²) in [6.07, 6.45) is 10.4. The van der Waals surface area contributed by atoms with Gasteiger partial charge in [-0.1, -0.05) is 0 Å². The molecular formula is C21H22N8O2. The van der Waals surface area contributed by atoms with Crippen molar-refractivity contribution in [1.29, 1.82) is 5.26 Å². The molecule has 0 bridgehead atoms. The zero-order valence-corrected chi connectivity index (χ0v) is 17.1. The van der Waals surface area contributed by atoms with Crippen molar-refractivity contribution in [3.05, 3.63) is 42.6 Å². The fraction of sp³-hybridized carbons (Fsp3) is 0.381. The molecule has 5 rings (SSSR count). The van der Waals surface area contributed by atoms with Gasteiger partial charge < -0.3 is 9.84 Å². The summed E-state index contributed by atoms with van der Waals surface area (Å²) in [6.45, 7) is -0.121. The van der Waals surface area contributed by atoms with Crippen LogP contribution in [0.1, 0.15) is 31.4 Å². The van der Waals surface area contributed by atoms with E-state index in [1.807, 2.05) is 23.1 Å². The fourth-order valence-corrected chi connectivity index (χ4v) is 4.29. The van der Waals surface area contributed by atoms with Crippen molar-refractivity contribution >= 4 is 5.52 Å². The molecule has 1 fully saturated rings. The number of ether oxygens (including phenoxy) is 1. The van der Waals surface area contributed by atoms with Crippen LogP contribution in [0.25, 0.3) is 28.2 Å². The van der Waals surface area contributed by atoms with E-state index in [9.17, 15) is 5.11 Å². The summed E-state index contributed by atoms with van der Waals surface area (Å²) in [7, 11) is 1.72. The lowest BCUT2D eigenvalue weighted by molar-refractivity contribution is -0.0599. The van der Waals surface area contributed by atoms with Gasteiger partial charge in [0, 0.05) is 25.3 Å². The Morgan fingerprint density at radius 1 is 1.32 bits per heavy atom. The van der Waals surface area contributed by atoms with E-state index in [0.717, 1.165) is 36.0 Å². The SMILES string of the molecule is CO[C@H]1C[C@@](CCC#N)(n2cc(-c3nc(-c4cc(CO)[nH]n4)cn4nccc34)cn2)C1. The number of aliphatic hydroxyl groups excluding tert-OH is 1. The first kappa shape index (κ1) is 19.4. The molecule has 0 aliphatic heterocycles. The van der Waals surface area contributed by atoms with Crippen molar-refractivity contribution < 1.29 is 9.84 Å². The van der Waals surface area contributed by atoms with E-state index in [2.05, 4.69) is 26.5 Å². The molecule has 10 nitrogen and oxygen atoms in total. The highest BCUT2D eigenvalue weighted by molar-refractivity contribution is 5.77. The monoisotopic (exact) mass is 418 g/mol. The molecule has 4 aromatic heterocycles. The number of hydrogen-bond donors (Lipinski definition) is 2. The smallest absolute Gasteiger partial charge is 0.112 e. The second kappa shape index (κ2) is 7.61. The van der Waals surface area contributed by atoms with Crippen LogP contribution in [0.15, 0.2) is 36.9 Å². The van der Waals surface area contributed by atoms with Crippen molar-refractivity contribution in [3.8, 4) is 28.7 Å². The number of hydrogen-bond acceptors (Lipinski definition) is 7. The van der Waals surface area contributed by atoms with Gasteiger partial charge in [-0.3, -0.25) is 9.78 Å². The highest BCUT2D eigenvalue weighted by Crippen LogP contribution is 2.44. The topological polar surface area (TPSA) is 130 Å². The van der Waals surface area contributed by atoms with Gasteiger partial charge in [0.05, 0.1) is 59.8 Å². The summed E-state index contributed by atoms with van der Waals surface area (Å²) in [5.41, 5.74) is 4.13. The second-order valence-electron chi connectivity index (χ2n) is 7.89. The number of nitrogens with one attached hydrogen (secondary N) is 1. The fourth-order valence-electron chi connectivity index (χ4n) is 4.29. The normalized spacial score (nSPS) is 20.6. The number of nitriles is 1. The first-order chi connectivity index (χ1) is 15.2. The molecule has 1 aliphatic carbocycles. The van der Waals surface area contributed by atoms with Gasteiger partial charge in [0.2, 0.25) is 0 Å². The standard InChI is InChI=1S/C21H22N8O2/c1-31-16-8-21(9-16,4-2-5-22)29-11-14(10-24-29)20-19-3-6-23-28(19)12-18(25-20)17-7-15(13-30)26-27-17/h3,6-7,10-12,16,30H,2,4,8-9,13H2,1H3,(H,26,27)/t16-,21+. The van der Waals surface area contributed by atoms with E-state index in [0.29, 0.717) is 23.5 Å². The molecule has 0 radical (unpaired) electrons. The molecule has 1 aliphatic rings. The van der Waals surface area contributed by atoms with Crippen LogP contribution < -0.4 is 0 Å². The number of fused-ring (bicyclic) bond motifs is 1. The van der Waals surface area contributed by atoms with Crippen LogP contribution in [-0.2, 0) is 16.9 Å². The molecule has 31 heavy (non-hydrogen) atoms. The Balaban J connectivity index is 1.55. The van der Waals surface area contributed by atoms with Crippen LogP contribution in [0.3, 0.4) is 0 Å². The van der Waals surface area contributed by atoms with E-state index in [-0.39, 0.29) is 18.2 Å². The van der Waals surface area contributed by atoms with E-state index < -0.39 is 0 Å². The molecule has 4 aromatic rings. The minimum Gasteiger partial charge on any atom is -0.390 e. The van der Waals surface area contributed by atoms with E-state index in [4.69, 9.17) is 15.0 Å². The molecule has 0 saturated heterocycles. The third kappa shape index (κ3) is 3.28. The molecule has 0 atom stereocenters. The molecule has 10 heteroatoms. The Hall–Kier alpha value is -3.55. The third-order valence-electron chi connectivity index (χ3n) is 6.05. The first-order valence-corrected chi connectivity index (χ1v) is 10.1. The van der Waals surface area contributed by atoms with Crippen LogP contribution in [0, 0.1) is 11.3 Å². The molecule has 4 heterocycles. The van der Waals surface area contributed by atoms with E-state index in [1.165, 1.54) is 0 Å². The van der Waals surface area contributed by atoms with Gasteiger partial charge in [-0.2, -0.15) is 20.6 Å². The van der Waals surface area contributed by atoms with Gasteiger partial charge in [0.15, 0.2) is 0 Å². The molecule has 2 N–H and O–H groups in total. The number of methoxy groups -OCH3 is 1. The van der Waals surface area contributed by atoms with Crippen molar-refractivity contribution in [2.24, 2.45) is 0 Å². The maximum Gasteiger partial charge on any atom is 0.112 e. The lowest BCUT2D eigenvalue weighted by Gasteiger charge is -2.46. The van der Waals surface area contributed by atoms with Gasteiger partial charge in [0.25, 0.3) is 0 Å². The Morgan fingerprint density at radius 3 is 2.94 bits per heavy atom. The quantitative estimate of drug-likeness (QED) is 0.471. The molecule has 0 unspecified atom stereocenters. The van der Waals surface area contributed by atoms with Crippen LogP contribution in [-0.4, -0.2) is 52.9 Å². The molecule has 158 valence electrons. The van der Waals surface area contributed by atoms with Crippen molar-refractivity contribution in [2.75, 3.05) is 7.11 Å². The van der Waals surface area contributed by atoms with E-state index >= 15 is 0 Å². The van der Waals surface area contributed by atoms with Crippen LogP contribution in [0.5, 0.6) is 0 Å². The van der Waals surface area contributed by atoms with Gasteiger partial charge in [-0.25, -0.2) is 9.50 Å². The number of nitrogens with zero attached hydrogens (tertiary/aromatic N) is 7. The van der Waals surface area contributed by atoms with Gasteiger partial charge in [-0.05, 0) is 31.4 Å². The first-order valence-electron chi connectivity index (χ1n) is 10.1. The Morgan fingerprint density at radius 2 is 2.19 bits per heavy atom. The minimum atomic E-state index is -0.207. The number of H-pyrrole nitrogens is 1. The average Bonchev–Trinajstić information content (AvgIpc) is 3.52. The lowest BCUT2D eigenvalue weighted by atomic mass is 9.71. The third-order valence-corrected chi connectivity index (χ3v) is 6.05. The van der Waals surface area contributed by atoms with Crippen molar-refractivity contribution in [3.63, 3.8) is 0 Å². The number of rotatable bonds is 7. The van der Waals surface area contributed by atoms with Crippen LogP contribution in [0.2, 0.25) is 0 Å². The number of aromatic nitrogens is 7. The van der Waals surface area contributed by atoms with Gasteiger partial charge in [0.1, 0.15) is 11.4 Å². The van der Waals surface area contributed by atoms with Crippen molar-refractivity contribution in [2.45, 2.75) is 43.9 Å². The molecule has 0 aromatic carbocycles. The van der Waals surface area contributed by atoms with Crippen molar-refractivity contribution in [1.82, 2.24) is 34.6 Å². The molecule has 0 spiro atoms. The highest BCUT2D eigenvalue weighted by Gasteiger charge is 2.46. The van der Waals surface area contributed by atoms with Crippen LogP contribution >= 0.6 is 0 Å². The summed E-state index contributed by atoms with van der Waals surface area (Å²) in [4.78, 5) is 4.84. The summed E-state index contributed by atoms with van der Waals surface area (Å²) in [5, 5.41) is 34.5. The predicted molar refractivity (Wildman–Crippen MR) is 111 cm³/mol. The summed E-state index contributed by atoms with van der Waals surface area (Å²) >= 11 is 0. The number of aromatic amines is 1. The Kier molecular flexibility index (Phi) is 4.77. The van der Waals surface area contributed by atoms with Gasteiger partial charge >= 0.3 is 0 Å². The highest BCUT2D eigenvalue weighted by atomic mass is 16.5. The predicted octanol–water partition coefficient (Wildman–Crippen LogP) is 2.28. The maximum atomic E-state index is 9.33. The number of aliphatic hydroxyl groups is 1. The summed E-state index contributed by atoms with van der Waals surface area (Å²) in [6, 6.07) is 5.92. The largest absolute Gasteiger partial charge is 0.390 e. The van der Waals surface area contributed by atoms with Gasteiger partial charge in [-0.15, -0.1) is 0 Å². The zero-order chi connectivity index (χ0) is 21.4. The molecular weight excluding hydrogens is 396 g/mol. The second-order valence-corrected chi connectivity index (χ2v) is 7.89. The Bertz CT molecular complexity index is 1260. The molecule has 1 saturated carbocycles. The summed E-state index contributed by atoms with van der Waals surface area (Å²) < 4.78 is 9.21. The Labute approximate surface area is 178 Å². The maximum absolute atomic E-state index is 9.33. The minimum absolute atomic E-state index is 0.121. The van der Waals surface area contributed by atoms with E-state index in [1.54, 1.807) is 30.1 Å². The molecule has 0 amide bonds. The zero-order valence-electron chi connectivity index (χ0n) is 17.1. The van der Waals surface area contributed by atoms with Crippen LogP contribution in [0.4, 0.5) is 0 Å². The average molecular weight is 418 g/mol.